The van der Waals surface area contributed by atoms with Crippen LogP contribution >= 0.6 is 0 Å². The van der Waals surface area contributed by atoms with Gasteiger partial charge in [0.2, 0.25) is 0 Å². The first-order chi connectivity index (χ1) is 11.6. The van der Waals surface area contributed by atoms with Gasteiger partial charge in [-0.2, -0.15) is 0 Å². The fourth-order valence-electron chi connectivity index (χ4n) is 2.19. The van der Waals surface area contributed by atoms with Crippen LogP contribution in [0.5, 0.6) is 0 Å². The second kappa shape index (κ2) is 9.15. The van der Waals surface area contributed by atoms with Gasteiger partial charge in [-0.3, -0.25) is 0 Å². The molecule has 0 heterocycles. The number of nitrogens with one attached hydrogen (secondary N) is 1. The Balaban J connectivity index is 1.90. The van der Waals surface area contributed by atoms with Crippen LogP contribution in [0, 0.1) is 0 Å². The highest BCUT2D eigenvalue weighted by atomic mass is 16.5. The summed E-state index contributed by atoms with van der Waals surface area (Å²) in [5.41, 5.74) is 7.07. The Morgan fingerprint density at radius 2 is 1.67 bits per heavy atom. The van der Waals surface area contributed by atoms with Crippen molar-refractivity contribution < 1.29 is 14.3 Å². The monoisotopic (exact) mass is 324 g/mol. The third kappa shape index (κ3) is 5.96. The lowest BCUT2D eigenvalue weighted by atomic mass is 10.1. The van der Waals surface area contributed by atoms with Crippen LogP contribution in [0.15, 0.2) is 66.7 Å². The Labute approximate surface area is 141 Å². The fraction of sp³-hybridized carbons (Fsp3) is 0.158. The lowest BCUT2D eigenvalue weighted by molar-refractivity contribution is -0.144. The van der Waals surface area contributed by atoms with Crippen molar-refractivity contribution in [3.05, 3.63) is 77.9 Å². The molecule has 2 aromatic carbocycles. The summed E-state index contributed by atoms with van der Waals surface area (Å²) in [6.07, 6.45) is 3.93. The van der Waals surface area contributed by atoms with Crippen molar-refractivity contribution >= 4 is 18.1 Å². The Morgan fingerprint density at radius 3 is 2.29 bits per heavy atom. The highest BCUT2D eigenvalue weighted by Crippen LogP contribution is 2.05. The zero-order chi connectivity index (χ0) is 17.2. The van der Waals surface area contributed by atoms with Crippen molar-refractivity contribution in [1.82, 2.24) is 5.32 Å². The van der Waals surface area contributed by atoms with Gasteiger partial charge >= 0.3 is 12.0 Å². The minimum absolute atomic E-state index is 0.124. The number of primary amides is 1. The fourth-order valence-corrected chi connectivity index (χ4v) is 2.19. The number of carbonyl (C=O) groups is 2. The van der Waals surface area contributed by atoms with Crippen LogP contribution in [-0.2, 0) is 16.0 Å². The number of hydrogen-bond acceptors (Lipinski definition) is 3. The standard InChI is InChI=1S/C19H20N2O3/c20-19(23)21-17(14-16-10-5-2-6-11-16)18(22)24-13-7-12-15-8-3-1-4-9-15/h1-12,17H,13-14H2,(H3,20,21,23)/b12-7+. The predicted octanol–water partition coefficient (Wildman–Crippen LogP) is 2.52. The third-order valence-corrected chi connectivity index (χ3v) is 3.32. The predicted molar refractivity (Wildman–Crippen MR) is 93.1 cm³/mol. The molecule has 124 valence electrons. The normalized spacial score (nSPS) is 11.8. The van der Waals surface area contributed by atoms with E-state index >= 15 is 0 Å². The number of hydrogen-bond donors (Lipinski definition) is 2. The maximum Gasteiger partial charge on any atom is 0.329 e. The first kappa shape index (κ1) is 17.3. The Bertz CT molecular complexity index is 684. The number of rotatable bonds is 7. The van der Waals surface area contributed by atoms with Crippen LogP contribution < -0.4 is 11.1 Å². The van der Waals surface area contributed by atoms with Gasteiger partial charge in [0, 0.05) is 6.42 Å². The van der Waals surface area contributed by atoms with Crippen LogP contribution in [0.4, 0.5) is 4.79 Å². The molecular formula is C19H20N2O3. The molecule has 5 nitrogen and oxygen atoms in total. The van der Waals surface area contributed by atoms with E-state index in [9.17, 15) is 9.59 Å². The van der Waals surface area contributed by atoms with E-state index in [1.54, 1.807) is 6.08 Å². The highest BCUT2D eigenvalue weighted by Gasteiger charge is 2.21. The van der Waals surface area contributed by atoms with E-state index in [-0.39, 0.29) is 6.61 Å². The second-order valence-electron chi connectivity index (χ2n) is 5.19. The van der Waals surface area contributed by atoms with Crippen LogP contribution in [0.1, 0.15) is 11.1 Å². The molecule has 0 aliphatic carbocycles. The molecule has 0 saturated heterocycles. The number of esters is 1. The van der Waals surface area contributed by atoms with Crippen LogP contribution in [0.25, 0.3) is 6.08 Å². The molecule has 0 aromatic heterocycles. The van der Waals surface area contributed by atoms with Gasteiger partial charge in [-0.05, 0) is 17.2 Å². The molecule has 1 unspecified atom stereocenters. The summed E-state index contributed by atoms with van der Waals surface area (Å²) >= 11 is 0. The number of urea groups is 1. The molecule has 2 aromatic rings. The van der Waals surface area contributed by atoms with Crippen molar-refractivity contribution in [3.8, 4) is 0 Å². The lowest BCUT2D eigenvalue weighted by Crippen LogP contribution is -2.45. The first-order valence-corrected chi connectivity index (χ1v) is 7.63. The van der Waals surface area contributed by atoms with Gasteiger partial charge in [0.1, 0.15) is 12.6 Å². The zero-order valence-corrected chi connectivity index (χ0v) is 13.2. The number of ether oxygens (including phenoxy) is 1. The van der Waals surface area contributed by atoms with E-state index in [0.29, 0.717) is 6.42 Å². The summed E-state index contributed by atoms with van der Waals surface area (Å²) in [5, 5.41) is 2.43. The van der Waals surface area contributed by atoms with Crippen molar-refractivity contribution in [2.24, 2.45) is 5.73 Å². The third-order valence-electron chi connectivity index (χ3n) is 3.32. The number of benzene rings is 2. The Morgan fingerprint density at radius 1 is 1.04 bits per heavy atom. The topological polar surface area (TPSA) is 81.4 Å². The van der Waals surface area contributed by atoms with Gasteiger partial charge in [0.25, 0.3) is 0 Å². The average molecular weight is 324 g/mol. The summed E-state index contributed by atoms with van der Waals surface area (Å²) in [6, 6.07) is 17.5. The van der Waals surface area contributed by atoms with Gasteiger partial charge in [-0.15, -0.1) is 0 Å². The zero-order valence-electron chi connectivity index (χ0n) is 13.2. The van der Waals surface area contributed by atoms with Crippen molar-refractivity contribution in [2.45, 2.75) is 12.5 Å². The molecule has 0 radical (unpaired) electrons. The number of nitrogens with two attached hydrogens (primary N) is 1. The summed E-state index contributed by atoms with van der Waals surface area (Å²) in [7, 11) is 0. The molecule has 5 heteroatoms. The van der Waals surface area contributed by atoms with Crippen LogP contribution in [0.2, 0.25) is 0 Å². The summed E-state index contributed by atoms with van der Waals surface area (Å²) in [5.74, 6) is -0.518. The molecule has 0 saturated carbocycles. The van der Waals surface area contributed by atoms with Crippen molar-refractivity contribution in [1.29, 1.82) is 0 Å². The van der Waals surface area contributed by atoms with Gasteiger partial charge in [-0.25, -0.2) is 9.59 Å². The molecular weight excluding hydrogens is 304 g/mol. The molecule has 0 spiro atoms. The molecule has 0 fully saturated rings. The SMILES string of the molecule is NC(=O)NC(Cc1ccccc1)C(=O)OC/C=C/c1ccccc1. The second-order valence-corrected chi connectivity index (χ2v) is 5.19. The summed E-state index contributed by atoms with van der Waals surface area (Å²) < 4.78 is 5.20. The minimum atomic E-state index is -0.810. The van der Waals surface area contributed by atoms with E-state index in [0.717, 1.165) is 11.1 Å². The van der Waals surface area contributed by atoms with Gasteiger partial charge in [0.05, 0.1) is 0 Å². The Kier molecular flexibility index (Phi) is 6.58. The maximum atomic E-state index is 12.2. The maximum absolute atomic E-state index is 12.2. The summed E-state index contributed by atoms with van der Waals surface area (Å²) in [4.78, 5) is 23.3. The largest absolute Gasteiger partial charge is 0.460 e. The van der Waals surface area contributed by atoms with Crippen molar-refractivity contribution in [2.75, 3.05) is 6.61 Å². The van der Waals surface area contributed by atoms with Crippen LogP contribution in [0.3, 0.4) is 0 Å². The quantitative estimate of drug-likeness (QED) is 0.768. The van der Waals surface area contributed by atoms with E-state index < -0.39 is 18.0 Å². The van der Waals surface area contributed by atoms with Gasteiger partial charge in [0.15, 0.2) is 0 Å². The molecule has 2 amide bonds. The summed E-state index contributed by atoms with van der Waals surface area (Å²) in [6.45, 7) is 0.124. The number of carbonyl (C=O) groups excluding carboxylic acids is 2. The van der Waals surface area contributed by atoms with Crippen LogP contribution in [-0.4, -0.2) is 24.6 Å². The van der Waals surface area contributed by atoms with Crippen molar-refractivity contribution in [3.63, 3.8) is 0 Å². The molecule has 0 aliphatic heterocycles. The molecule has 0 aliphatic rings. The minimum Gasteiger partial charge on any atom is -0.460 e. The molecule has 24 heavy (non-hydrogen) atoms. The lowest BCUT2D eigenvalue weighted by Gasteiger charge is -2.16. The molecule has 1 atom stereocenters. The molecule has 3 N–H and O–H groups in total. The smallest absolute Gasteiger partial charge is 0.329 e. The van der Waals surface area contributed by atoms with Gasteiger partial charge in [-0.1, -0.05) is 66.7 Å². The van der Waals surface area contributed by atoms with E-state index in [4.69, 9.17) is 10.5 Å². The van der Waals surface area contributed by atoms with Gasteiger partial charge < -0.3 is 15.8 Å². The van der Waals surface area contributed by atoms with E-state index in [1.165, 1.54) is 0 Å². The molecule has 0 bridgehead atoms. The Hall–Kier alpha value is -3.08. The van der Waals surface area contributed by atoms with E-state index in [2.05, 4.69) is 5.32 Å². The molecule has 2 rings (SSSR count). The average Bonchev–Trinajstić information content (AvgIpc) is 2.59. The van der Waals surface area contributed by atoms with E-state index in [1.807, 2.05) is 66.7 Å². The highest BCUT2D eigenvalue weighted by molar-refractivity contribution is 5.83. The first-order valence-electron chi connectivity index (χ1n) is 7.63. The number of amides is 2.